The molecule has 0 aromatic heterocycles. The summed E-state index contributed by atoms with van der Waals surface area (Å²) < 4.78 is 44.5. The van der Waals surface area contributed by atoms with E-state index in [1.54, 1.807) is 0 Å². The van der Waals surface area contributed by atoms with Crippen LogP contribution >= 0.6 is 0 Å². The molecule has 0 aromatic rings. The summed E-state index contributed by atoms with van der Waals surface area (Å²) in [5.74, 6) is 1.87. The minimum Gasteiger partial charge on any atom is -0.253 e. The van der Waals surface area contributed by atoms with Crippen LogP contribution in [-0.2, 0) is 24.6 Å². The summed E-state index contributed by atoms with van der Waals surface area (Å²) in [6.07, 6.45) is 4.66. The average Bonchev–Trinajstić information content (AvgIpc) is 1.81. The lowest BCUT2D eigenvalue weighted by atomic mass is 10.8. The highest BCUT2D eigenvalue weighted by atomic mass is 32.3. The summed E-state index contributed by atoms with van der Waals surface area (Å²) in [4.78, 5) is 0. The van der Waals surface area contributed by atoms with E-state index in [1.807, 2.05) is 5.92 Å². The maximum Gasteiger partial charge on any atom is 0.305 e. The third kappa shape index (κ3) is 5.60. The van der Waals surface area contributed by atoms with Crippen molar-refractivity contribution in [3.05, 3.63) is 0 Å². The molecule has 11 heavy (non-hydrogen) atoms. The minimum atomic E-state index is -4.12. The Morgan fingerprint density at radius 3 is 2.45 bits per heavy atom. The minimum absolute atomic E-state index is 0.0321. The lowest BCUT2D eigenvalue weighted by molar-refractivity contribution is 0.374. The zero-order chi connectivity index (χ0) is 8.91. The second kappa shape index (κ2) is 4.12. The monoisotopic (exact) mass is 196 g/mol. The van der Waals surface area contributed by atoms with Gasteiger partial charge in [0.2, 0.25) is 10.3 Å². The Hall–Kier alpha value is -0.840. The second-order valence-corrected chi connectivity index (χ2v) is 3.83. The molecule has 0 amide bonds. The molecule has 0 spiro atoms. The molecule has 0 fully saturated rings. The van der Waals surface area contributed by atoms with Crippen molar-refractivity contribution in [3.63, 3.8) is 0 Å². The predicted molar refractivity (Wildman–Crippen MR) is 38.7 cm³/mol. The summed E-state index contributed by atoms with van der Waals surface area (Å²) in [6.45, 7) is -0.476. The summed E-state index contributed by atoms with van der Waals surface area (Å²) in [7, 11) is -6.92. The highest BCUT2D eigenvalue weighted by molar-refractivity contribution is 8.10. The van der Waals surface area contributed by atoms with Crippen molar-refractivity contribution in [2.24, 2.45) is 0 Å². The van der Waals surface area contributed by atoms with Crippen molar-refractivity contribution in [3.8, 4) is 12.3 Å². The first-order chi connectivity index (χ1) is 4.98. The van der Waals surface area contributed by atoms with E-state index in [0.717, 1.165) is 0 Å². The molecule has 0 saturated carbocycles. The first-order valence-corrected chi connectivity index (χ1v) is 4.85. The molecule has 0 bridgehead atoms. The van der Waals surface area contributed by atoms with Gasteiger partial charge in [-0.25, -0.2) is 0 Å². The fourth-order valence-corrected chi connectivity index (χ4v) is 1.46. The van der Waals surface area contributed by atoms with Crippen molar-refractivity contribution in [2.45, 2.75) is 0 Å². The fraction of sp³-hybridized carbons (Fsp3) is 0.250. The van der Waals surface area contributed by atoms with Gasteiger partial charge in [-0.15, -0.1) is 6.42 Å². The SMILES string of the molecule is C#CCOS(=O)(=O)C=S(=O)=O. The fourth-order valence-electron chi connectivity index (χ4n) is 0.240. The molecular formula is C4H4O5S2. The van der Waals surface area contributed by atoms with Crippen LogP contribution in [-0.4, -0.2) is 28.1 Å². The molecule has 0 N–H and O–H groups in total. The molecule has 0 heterocycles. The summed E-state index contributed by atoms with van der Waals surface area (Å²) in [5, 5.41) is 0. The highest BCUT2D eigenvalue weighted by Crippen LogP contribution is 1.85. The number of hydrogen-bond acceptors (Lipinski definition) is 5. The Morgan fingerprint density at radius 2 is 2.09 bits per heavy atom. The molecule has 0 rings (SSSR count). The van der Waals surface area contributed by atoms with E-state index in [0.29, 0.717) is 0 Å². The van der Waals surface area contributed by atoms with E-state index < -0.39 is 27.0 Å². The maximum absolute atomic E-state index is 10.4. The first-order valence-electron chi connectivity index (χ1n) is 2.24. The quantitative estimate of drug-likeness (QED) is 0.315. The molecule has 0 aromatic carbocycles. The van der Waals surface area contributed by atoms with Gasteiger partial charge in [0.1, 0.15) is 6.61 Å². The van der Waals surface area contributed by atoms with Crippen molar-refractivity contribution >= 4 is 25.1 Å². The molecule has 0 atom stereocenters. The lowest BCUT2D eigenvalue weighted by Gasteiger charge is -1.90. The average molecular weight is 196 g/mol. The van der Waals surface area contributed by atoms with Gasteiger partial charge < -0.3 is 0 Å². The van der Waals surface area contributed by atoms with Gasteiger partial charge in [0, 0.05) is 0 Å². The normalized spacial score (nSPS) is 10.1. The van der Waals surface area contributed by atoms with Gasteiger partial charge in [0.05, 0.1) is 0 Å². The standard InChI is InChI=1S/C4H4O5S2/c1-2-3-9-11(7,8)4-10(5)6/h1,4H,3H2. The lowest BCUT2D eigenvalue weighted by Crippen LogP contribution is -2.07. The van der Waals surface area contributed by atoms with Crippen LogP contribution in [0.25, 0.3) is 0 Å². The van der Waals surface area contributed by atoms with E-state index in [9.17, 15) is 16.8 Å². The van der Waals surface area contributed by atoms with Crippen molar-refractivity contribution in [2.75, 3.05) is 6.61 Å². The molecule has 0 saturated heterocycles. The van der Waals surface area contributed by atoms with Crippen LogP contribution in [0.1, 0.15) is 0 Å². The highest BCUT2D eigenvalue weighted by Gasteiger charge is 2.05. The third-order valence-corrected chi connectivity index (χ3v) is 2.52. The van der Waals surface area contributed by atoms with Crippen LogP contribution in [0.15, 0.2) is 0 Å². The molecule has 0 aliphatic heterocycles. The van der Waals surface area contributed by atoms with Crippen LogP contribution in [0, 0.1) is 12.3 Å². The molecular weight excluding hydrogens is 192 g/mol. The van der Waals surface area contributed by atoms with Gasteiger partial charge in [-0.1, -0.05) is 5.92 Å². The molecule has 0 radical (unpaired) electrons. The smallest absolute Gasteiger partial charge is 0.253 e. The topological polar surface area (TPSA) is 77.5 Å². The van der Waals surface area contributed by atoms with Crippen molar-refractivity contribution < 1.29 is 21.0 Å². The Morgan fingerprint density at radius 1 is 1.55 bits per heavy atom. The molecule has 62 valence electrons. The summed E-state index contributed by atoms with van der Waals surface area (Å²) in [6, 6.07) is 0. The van der Waals surface area contributed by atoms with Crippen LogP contribution in [0.5, 0.6) is 0 Å². The van der Waals surface area contributed by atoms with E-state index in [-0.39, 0.29) is 4.70 Å². The van der Waals surface area contributed by atoms with Gasteiger partial charge in [-0.05, 0) is 0 Å². The van der Waals surface area contributed by atoms with Crippen LogP contribution in [0.3, 0.4) is 0 Å². The predicted octanol–water partition coefficient (Wildman–Crippen LogP) is -1.40. The van der Waals surface area contributed by atoms with E-state index in [4.69, 9.17) is 0 Å². The zero-order valence-corrected chi connectivity index (χ0v) is 6.85. The van der Waals surface area contributed by atoms with Gasteiger partial charge >= 0.3 is 10.1 Å². The van der Waals surface area contributed by atoms with Crippen LogP contribution in [0.2, 0.25) is 0 Å². The van der Waals surface area contributed by atoms with Crippen LogP contribution in [0.4, 0.5) is 0 Å². The molecule has 0 unspecified atom stereocenters. The molecule has 0 aliphatic rings. The Labute approximate surface area is 65.6 Å². The van der Waals surface area contributed by atoms with E-state index in [1.165, 1.54) is 0 Å². The van der Waals surface area contributed by atoms with E-state index in [2.05, 4.69) is 10.6 Å². The Kier molecular flexibility index (Phi) is 3.81. The van der Waals surface area contributed by atoms with Gasteiger partial charge in [-0.3, -0.25) is 4.18 Å². The Balaban J connectivity index is 4.55. The Bertz CT molecular complexity index is 371. The van der Waals surface area contributed by atoms with Crippen molar-refractivity contribution in [1.29, 1.82) is 0 Å². The van der Waals surface area contributed by atoms with Crippen molar-refractivity contribution in [1.82, 2.24) is 0 Å². The third-order valence-electron chi connectivity index (χ3n) is 0.503. The molecule has 0 aliphatic carbocycles. The van der Waals surface area contributed by atoms with Gasteiger partial charge in [0.25, 0.3) is 0 Å². The van der Waals surface area contributed by atoms with Gasteiger partial charge in [0.15, 0.2) is 4.70 Å². The number of terminal acetylenes is 1. The number of rotatable bonds is 3. The van der Waals surface area contributed by atoms with E-state index >= 15 is 0 Å². The second-order valence-electron chi connectivity index (χ2n) is 1.32. The maximum atomic E-state index is 10.4. The largest absolute Gasteiger partial charge is 0.305 e. The molecule has 7 heteroatoms. The number of hydrogen-bond donors (Lipinski definition) is 0. The first kappa shape index (κ1) is 10.2. The van der Waals surface area contributed by atoms with Gasteiger partial charge in [-0.2, -0.15) is 16.8 Å². The summed E-state index contributed by atoms with van der Waals surface area (Å²) in [5.41, 5.74) is 0. The zero-order valence-electron chi connectivity index (χ0n) is 5.22. The molecule has 5 nitrogen and oxygen atoms in total. The summed E-state index contributed by atoms with van der Waals surface area (Å²) >= 11 is 0. The van der Waals surface area contributed by atoms with Crippen LogP contribution < -0.4 is 0 Å².